The number of rotatable bonds is 2. The minimum atomic E-state index is -0.946. The van der Waals surface area contributed by atoms with E-state index in [-0.39, 0.29) is 0 Å². The monoisotopic (exact) mass is 184 g/mol. The van der Waals surface area contributed by atoms with Crippen molar-refractivity contribution in [3.63, 3.8) is 0 Å². The zero-order chi connectivity index (χ0) is 9.35. The molecule has 0 N–H and O–H groups in total. The normalized spacial score (nSPS) is 31.2. The Balaban J connectivity index is 2.50. The second kappa shape index (κ2) is 3.33. The van der Waals surface area contributed by atoms with Gasteiger partial charge in [-0.2, -0.15) is 0 Å². The maximum absolute atomic E-state index is 11.3. The predicted octanol–water partition coefficient (Wildman–Crippen LogP) is 2.94. The van der Waals surface area contributed by atoms with Crippen LogP contribution in [0.5, 0.6) is 0 Å². The van der Waals surface area contributed by atoms with Gasteiger partial charge in [0, 0.05) is 20.4 Å². The van der Waals surface area contributed by atoms with Crippen molar-refractivity contribution in [1.82, 2.24) is 0 Å². The van der Waals surface area contributed by atoms with Crippen molar-refractivity contribution in [1.29, 1.82) is 0 Å². The van der Waals surface area contributed by atoms with Crippen molar-refractivity contribution in [2.24, 2.45) is 11.8 Å². The van der Waals surface area contributed by atoms with Gasteiger partial charge in [0.05, 0.1) is 0 Å². The molecule has 0 radical (unpaired) electrons. The van der Waals surface area contributed by atoms with Gasteiger partial charge in [0.15, 0.2) is 0 Å². The van der Waals surface area contributed by atoms with Gasteiger partial charge in [-0.15, -0.1) is 0 Å². The maximum atomic E-state index is 11.3. The minimum Gasteiger partial charge on any atom is -0.299 e. The molecule has 0 heterocycles. The van der Waals surface area contributed by atoms with Gasteiger partial charge in [-0.3, -0.25) is 4.79 Å². The standard InChI is InChI=1S/C10H20OSi/c1-8-9(5-6-10(8)11)7-12(2,3)4/h8-9H,5-7H2,1-4H3. The largest absolute Gasteiger partial charge is 0.299 e. The quantitative estimate of drug-likeness (QED) is 0.603. The number of carbonyl (C=O) groups excluding carboxylic acids is 1. The number of ketones is 1. The zero-order valence-corrected chi connectivity index (χ0v) is 9.68. The highest BCUT2D eigenvalue weighted by Crippen LogP contribution is 2.34. The summed E-state index contributed by atoms with van der Waals surface area (Å²) in [6.07, 6.45) is 2.00. The van der Waals surface area contributed by atoms with E-state index in [4.69, 9.17) is 0 Å². The SMILES string of the molecule is CC1C(=O)CCC1C[Si](C)(C)C. The van der Waals surface area contributed by atoms with Crippen LogP contribution in [0.4, 0.5) is 0 Å². The molecule has 0 spiro atoms. The van der Waals surface area contributed by atoms with Gasteiger partial charge in [0.2, 0.25) is 0 Å². The molecule has 1 aliphatic rings. The van der Waals surface area contributed by atoms with Crippen LogP contribution in [-0.2, 0) is 4.79 Å². The Kier molecular flexibility index (Phi) is 2.76. The van der Waals surface area contributed by atoms with Crippen LogP contribution in [0.15, 0.2) is 0 Å². The first-order valence-corrected chi connectivity index (χ1v) is 8.63. The van der Waals surface area contributed by atoms with Crippen LogP contribution in [0.25, 0.3) is 0 Å². The van der Waals surface area contributed by atoms with E-state index in [1.807, 2.05) is 0 Å². The zero-order valence-electron chi connectivity index (χ0n) is 8.68. The topological polar surface area (TPSA) is 17.1 Å². The molecule has 0 amide bonds. The molecule has 0 saturated heterocycles. The molecule has 2 atom stereocenters. The lowest BCUT2D eigenvalue weighted by molar-refractivity contribution is -0.120. The van der Waals surface area contributed by atoms with Crippen molar-refractivity contribution >= 4 is 13.9 Å². The average molecular weight is 184 g/mol. The van der Waals surface area contributed by atoms with E-state index in [9.17, 15) is 4.79 Å². The molecule has 0 bridgehead atoms. The van der Waals surface area contributed by atoms with Gasteiger partial charge in [-0.1, -0.05) is 32.6 Å². The summed E-state index contributed by atoms with van der Waals surface area (Å²) in [4.78, 5) is 11.3. The van der Waals surface area contributed by atoms with Gasteiger partial charge >= 0.3 is 0 Å². The lowest BCUT2D eigenvalue weighted by Gasteiger charge is -2.23. The predicted molar refractivity (Wildman–Crippen MR) is 55.0 cm³/mol. The van der Waals surface area contributed by atoms with Crippen molar-refractivity contribution in [3.8, 4) is 0 Å². The van der Waals surface area contributed by atoms with Crippen molar-refractivity contribution in [3.05, 3.63) is 0 Å². The van der Waals surface area contributed by atoms with Crippen LogP contribution >= 0.6 is 0 Å². The summed E-state index contributed by atoms with van der Waals surface area (Å²) < 4.78 is 0. The summed E-state index contributed by atoms with van der Waals surface area (Å²) in [5.41, 5.74) is 0. The molecule has 0 aromatic carbocycles. The first-order chi connectivity index (χ1) is 5.40. The molecule has 0 aromatic heterocycles. The van der Waals surface area contributed by atoms with Crippen LogP contribution in [0.3, 0.4) is 0 Å². The molecular weight excluding hydrogens is 164 g/mol. The first-order valence-electron chi connectivity index (χ1n) is 4.93. The highest BCUT2D eigenvalue weighted by Gasteiger charge is 2.33. The Bertz CT molecular complexity index is 181. The highest BCUT2D eigenvalue weighted by atomic mass is 28.3. The van der Waals surface area contributed by atoms with Gasteiger partial charge in [0.25, 0.3) is 0 Å². The molecule has 2 heteroatoms. The van der Waals surface area contributed by atoms with E-state index in [1.54, 1.807) is 0 Å². The fraction of sp³-hybridized carbons (Fsp3) is 0.900. The number of hydrogen-bond acceptors (Lipinski definition) is 1. The molecule has 0 aliphatic heterocycles. The van der Waals surface area contributed by atoms with Gasteiger partial charge in [0.1, 0.15) is 5.78 Å². The molecule has 70 valence electrons. The fourth-order valence-electron chi connectivity index (χ4n) is 2.13. The van der Waals surface area contributed by atoms with E-state index in [0.29, 0.717) is 17.6 Å². The number of Topliss-reactive ketones (excluding diaryl/α,β-unsaturated/α-hetero) is 1. The third-order valence-corrected chi connectivity index (χ3v) is 4.60. The molecule has 1 fully saturated rings. The Morgan fingerprint density at radius 1 is 1.42 bits per heavy atom. The summed E-state index contributed by atoms with van der Waals surface area (Å²) in [5.74, 6) is 1.57. The summed E-state index contributed by atoms with van der Waals surface area (Å²) in [6.45, 7) is 9.29. The molecular formula is C10H20OSi. The summed E-state index contributed by atoms with van der Waals surface area (Å²) >= 11 is 0. The second-order valence-electron chi connectivity index (χ2n) is 5.32. The highest BCUT2D eigenvalue weighted by molar-refractivity contribution is 6.76. The lowest BCUT2D eigenvalue weighted by Crippen LogP contribution is -2.25. The van der Waals surface area contributed by atoms with E-state index >= 15 is 0 Å². The van der Waals surface area contributed by atoms with Crippen molar-refractivity contribution in [2.45, 2.75) is 45.5 Å². The molecule has 1 saturated carbocycles. The average Bonchev–Trinajstić information content (AvgIpc) is 2.16. The summed E-state index contributed by atoms with van der Waals surface area (Å²) in [6, 6.07) is 1.33. The van der Waals surface area contributed by atoms with E-state index in [0.717, 1.165) is 12.8 Å². The first kappa shape index (κ1) is 9.97. The van der Waals surface area contributed by atoms with Crippen LogP contribution < -0.4 is 0 Å². The van der Waals surface area contributed by atoms with Crippen LogP contribution in [0.1, 0.15) is 19.8 Å². The molecule has 1 nitrogen and oxygen atoms in total. The third-order valence-electron chi connectivity index (χ3n) is 2.85. The van der Waals surface area contributed by atoms with E-state index in [1.165, 1.54) is 6.04 Å². The van der Waals surface area contributed by atoms with Crippen LogP contribution in [0, 0.1) is 11.8 Å². The van der Waals surface area contributed by atoms with Gasteiger partial charge in [-0.05, 0) is 12.3 Å². The molecule has 2 unspecified atom stereocenters. The Labute approximate surface area is 76.6 Å². The third kappa shape index (κ3) is 2.44. The Hall–Kier alpha value is -0.113. The van der Waals surface area contributed by atoms with E-state index < -0.39 is 8.07 Å². The Morgan fingerprint density at radius 3 is 2.33 bits per heavy atom. The molecule has 12 heavy (non-hydrogen) atoms. The van der Waals surface area contributed by atoms with Crippen molar-refractivity contribution < 1.29 is 4.79 Å². The maximum Gasteiger partial charge on any atom is 0.135 e. The summed E-state index contributed by atoms with van der Waals surface area (Å²) in [7, 11) is -0.946. The summed E-state index contributed by atoms with van der Waals surface area (Å²) in [5, 5.41) is 0. The van der Waals surface area contributed by atoms with Crippen LogP contribution in [-0.4, -0.2) is 13.9 Å². The van der Waals surface area contributed by atoms with Gasteiger partial charge in [-0.25, -0.2) is 0 Å². The smallest absolute Gasteiger partial charge is 0.135 e. The Morgan fingerprint density at radius 2 is 2.00 bits per heavy atom. The number of hydrogen-bond donors (Lipinski definition) is 0. The second-order valence-corrected chi connectivity index (χ2v) is 10.8. The number of carbonyl (C=O) groups is 1. The fourth-order valence-corrected chi connectivity index (χ4v) is 4.26. The lowest BCUT2D eigenvalue weighted by atomic mass is 10.00. The molecule has 1 aliphatic carbocycles. The molecule has 0 aromatic rings. The minimum absolute atomic E-state index is 0.358. The van der Waals surface area contributed by atoms with Crippen LogP contribution in [0.2, 0.25) is 25.7 Å². The van der Waals surface area contributed by atoms with Gasteiger partial charge < -0.3 is 0 Å². The van der Waals surface area contributed by atoms with E-state index in [2.05, 4.69) is 26.6 Å². The van der Waals surface area contributed by atoms with Crippen molar-refractivity contribution in [2.75, 3.05) is 0 Å². The molecule has 1 rings (SSSR count).